The fraction of sp³-hybridized carbons (Fsp3) is 0.125. The highest BCUT2D eigenvalue weighted by Gasteiger charge is 2.39. The number of anilines is 2. The SMILES string of the molecule is CCCOC(=O)c1cccc(NC2=C(Cl)C(=O)N(c3cccc4ccccc34)C2=O)c1. The maximum atomic E-state index is 13.1. The van der Waals surface area contributed by atoms with E-state index in [1.54, 1.807) is 36.4 Å². The van der Waals surface area contributed by atoms with Crippen LogP contribution in [0.4, 0.5) is 11.4 Å². The summed E-state index contributed by atoms with van der Waals surface area (Å²) in [5.41, 5.74) is 1.19. The molecular weight excluding hydrogens is 416 g/mol. The van der Waals surface area contributed by atoms with E-state index in [4.69, 9.17) is 16.3 Å². The first-order valence-electron chi connectivity index (χ1n) is 9.81. The van der Waals surface area contributed by atoms with Crippen molar-refractivity contribution in [2.24, 2.45) is 0 Å². The lowest BCUT2D eigenvalue weighted by atomic mass is 10.1. The van der Waals surface area contributed by atoms with E-state index in [2.05, 4.69) is 5.32 Å². The fourth-order valence-electron chi connectivity index (χ4n) is 3.38. The summed E-state index contributed by atoms with van der Waals surface area (Å²) in [6.07, 6.45) is 0.715. The molecule has 1 aliphatic rings. The van der Waals surface area contributed by atoms with Gasteiger partial charge in [0.25, 0.3) is 11.8 Å². The van der Waals surface area contributed by atoms with E-state index in [0.29, 0.717) is 30.0 Å². The maximum Gasteiger partial charge on any atom is 0.338 e. The Morgan fingerprint density at radius 1 is 1.00 bits per heavy atom. The molecule has 0 bridgehead atoms. The number of carbonyl (C=O) groups excluding carboxylic acids is 3. The van der Waals surface area contributed by atoms with E-state index in [1.807, 2.05) is 37.3 Å². The standard InChI is InChI=1S/C24H19ClN2O4/c1-2-13-31-24(30)16-9-5-10-17(14-16)26-21-20(25)22(28)27(23(21)29)19-12-6-8-15-7-3-4-11-18(15)19/h3-12,14,26H,2,13H2,1H3. The molecule has 31 heavy (non-hydrogen) atoms. The number of fused-ring (bicyclic) bond motifs is 1. The van der Waals surface area contributed by atoms with Crippen molar-refractivity contribution in [2.45, 2.75) is 13.3 Å². The van der Waals surface area contributed by atoms with Gasteiger partial charge in [0.05, 0.1) is 17.9 Å². The minimum atomic E-state index is -0.607. The number of nitrogens with zero attached hydrogens (tertiary/aromatic N) is 1. The largest absolute Gasteiger partial charge is 0.462 e. The molecule has 0 unspecified atom stereocenters. The number of hydrogen-bond acceptors (Lipinski definition) is 5. The van der Waals surface area contributed by atoms with Crippen LogP contribution in [0.15, 0.2) is 77.5 Å². The van der Waals surface area contributed by atoms with Crippen molar-refractivity contribution in [1.82, 2.24) is 0 Å². The van der Waals surface area contributed by atoms with E-state index >= 15 is 0 Å². The lowest BCUT2D eigenvalue weighted by Gasteiger charge is -2.17. The van der Waals surface area contributed by atoms with Crippen LogP contribution in [-0.4, -0.2) is 24.4 Å². The van der Waals surface area contributed by atoms with Gasteiger partial charge in [0.1, 0.15) is 10.7 Å². The van der Waals surface area contributed by atoms with Crippen LogP contribution in [0.2, 0.25) is 0 Å². The molecule has 1 heterocycles. The minimum Gasteiger partial charge on any atom is -0.462 e. The van der Waals surface area contributed by atoms with Gasteiger partial charge in [-0.1, -0.05) is 61.0 Å². The van der Waals surface area contributed by atoms with Crippen LogP contribution >= 0.6 is 11.6 Å². The third-order valence-corrected chi connectivity index (χ3v) is 5.19. The molecule has 156 valence electrons. The van der Waals surface area contributed by atoms with E-state index in [9.17, 15) is 14.4 Å². The monoisotopic (exact) mass is 434 g/mol. The zero-order valence-corrected chi connectivity index (χ0v) is 17.5. The Morgan fingerprint density at radius 2 is 1.74 bits per heavy atom. The first-order chi connectivity index (χ1) is 15.0. The van der Waals surface area contributed by atoms with Gasteiger partial charge in [-0.2, -0.15) is 0 Å². The highest BCUT2D eigenvalue weighted by Crippen LogP contribution is 2.34. The van der Waals surface area contributed by atoms with Gasteiger partial charge in [-0.3, -0.25) is 9.59 Å². The number of benzene rings is 3. The Balaban J connectivity index is 1.63. The van der Waals surface area contributed by atoms with Crippen molar-refractivity contribution in [3.63, 3.8) is 0 Å². The van der Waals surface area contributed by atoms with Gasteiger partial charge >= 0.3 is 5.97 Å². The number of hydrogen-bond donors (Lipinski definition) is 1. The minimum absolute atomic E-state index is 0.0429. The molecule has 4 rings (SSSR count). The molecule has 0 radical (unpaired) electrons. The van der Waals surface area contributed by atoms with E-state index < -0.39 is 17.8 Å². The van der Waals surface area contributed by atoms with Gasteiger partial charge in [-0.15, -0.1) is 0 Å². The van der Waals surface area contributed by atoms with Gasteiger partial charge < -0.3 is 10.1 Å². The number of imide groups is 1. The van der Waals surface area contributed by atoms with Crippen molar-refractivity contribution in [3.05, 3.63) is 83.0 Å². The van der Waals surface area contributed by atoms with Gasteiger partial charge in [-0.05, 0) is 36.1 Å². The number of nitrogens with one attached hydrogen (secondary N) is 1. The molecule has 0 aromatic heterocycles. The molecule has 6 nitrogen and oxygen atoms in total. The van der Waals surface area contributed by atoms with Crippen LogP contribution in [0.25, 0.3) is 10.8 Å². The third-order valence-electron chi connectivity index (χ3n) is 4.84. The predicted molar refractivity (Wildman–Crippen MR) is 120 cm³/mol. The summed E-state index contributed by atoms with van der Waals surface area (Å²) in [6, 6.07) is 19.4. The maximum absolute atomic E-state index is 13.1. The predicted octanol–water partition coefficient (Wildman–Crippen LogP) is 4.84. The number of carbonyl (C=O) groups is 3. The second-order valence-corrected chi connectivity index (χ2v) is 7.35. The third kappa shape index (κ3) is 3.90. The molecule has 0 fully saturated rings. The lowest BCUT2D eigenvalue weighted by molar-refractivity contribution is -0.120. The topological polar surface area (TPSA) is 75.7 Å². The molecule has 0 saturated carbocycles. The van der Waals surface area contributed by atoms with Crippen molar-refractivity contribution < 1.29 is 19.1 Å². The summed E-state index contributed by atoms with van der Waals surface area (Å²) < 4.78 is 5.14. The van der Waals surface area contributed by atoms with Crippen molar-refractivity contribution >= 4 is 51.5 Å². The normalized spacial score (nSPS) is 13.8. The summed E-state index contributed by atoms with van der Waals surface area (Å²) in [5, 5.41) is 4.35. The Morgan fingerprint density at radius 3 is 2.55 bits per heavy atom. The average molecular weight is 435 g/mol. The summed E-state index contributed by atoms with van der Waals surface area (Å²) in [7, 11) is 0. The molecule has 1 aliphatic heterocycles. The molecule has 1 N–H and O–H groups in total. The van der Waals surface area contributed by atoms with Gasteiger partial charge in [0, 0.05) is 11.1 Å². The summed E-state index contributed by atoms with van der Waals surface area (Å²) in [4.78, 5) is 39.2. The lowest BCUT2D eigenvalue weighted by Crippen LogP contribution is -2.32. The zero-order valence-electron chi connectivity index (χ0n) is 16.7. The summed E-state index contributed by atoms with van der Waals surface area (Å²) >= 11 is 6.25. The molecule has 3 aromatic carbocycles. The van der Waals surface area contributed by atoms with Crippen molar-refractivity contribution in [1.29, 1.82) is 0 Å². The second-order valence-electron chi connectivity index (χ2n) is 6.97. The van der Waals surface area contributed by atoms with E-state index in [0.717, 1.165) is 15.7 Å². The molecule has 3 aromatic rings. The van der Waals surface area contributed by atoms with Crippen LogP contribution < -0.4 is 10.2 Å². The van der Waals surface area contributed by atoms with Gasteiger partial charge in [0.2, 0.25) is 0 Å². The molecule has 0 saturated heterocycles. The van der Waals surface area contributed by atoms with Crippen LogP contribution in [0.5, 0.6) is 0 Å². The molecule has 0 aliphatic carbocycles. The van der Waals surface area contributed by atoms with Crippen LogP contribution in [0.1, 0.15) is 23.7 Å². The quantitative estimate of drug-likeness (QED) is 0.443. The Hall–Kier alpha value is -3.64. The number of ether oxygens (including phenoxy) is 1. The average Bonchev–Trinajstić information content (AvgIpc) is 3.00. The summed E-state index contributed by atoms with van der Waals surface area (Å²) in [6.45, 7) is 2.23. The zero-order chi connectivity index (χ0) is 22.0. The fourth-order valence-corrected chi connectivity index (χ4v) is 3.59. The van der Waals surface area contributed by atoms with Crippen LogP contribution in [0.3, 0.4) is 0 Å². The van der Waals surface area contributed by atoms with Crippen molar-refractivity contribution in [3.8, 4) is 0 Å². The first kappa shape index (κ1) is 20.6. The summed E-state index contributed by atoms with van der Waals surface area (Å²) in [5.74, 6) is -1.63. The van der Waals surface area contributed by atoms with Gasteiger partial charge in [-0.25, -0.2) is 9.69 Å². The van der Waals surface area contributed by atoms with Gasteiger partial charge in [0.15, 0.2) is 0 Å². The molecular formula is C24H19ClN2O4. The van der Waals surface area contributed by atoms with E-state index in [-0.39, 0.29) is 10.7 Å². The second kappa shape index (κ2) is 8.62. The number of esters is 1. The number of amides is 2. The molecule has 0 spiro atoms. The smallest absolute Gasteiger partial charge is 0.338 e. The Kier molecular flexibility index (Phi) is 5.73. The van der Waals surface area contributed by atoms with Crippen LogP contribution in [0, 0.1) is 0 Å². The first-order valence-corrected chi connectivity index (χ1v) is 10.2. The van der Waals surface area contributed by atoms with E-state index in [1.165, 1.54) is 0 Å². The molecule has 7 heteroatoms. The van der Waals surface area contributed by atoms with Crippen LogP contribution in [-0.2, 0) is 14.3 Å². The Bertz CT molecular complexity index is 1230. The van der Waals surface area contributed by atoms with Crippen molar-refractivity contribution in [2.75, 3.05) is 16.8 Å². The highest BCUT2D eigenvalue weighted by molar-refractivity contribution is 6.53. The number of rotatable bonds is 6. The molecule has 0 atom stereocenters. The molecule has 2 amide bonds. The Labute approximate surface area is 184 Å². The number of halogens is 1. The highest BCUT2D eigenvalue weighted by atomic mass is 35.5.